The molecule has 0 amide bonds. The van der Waals surface area contributed by atoms with Crippen LogP contribution in [0.25, 0.3) is 0 Å². The molecule has 0 atom stereocenters. The van der Waals surface area contributed by atoms with E-state index in [1.54, 1.807) is 0 Å². The van der Waals surface area contributed by atoms with Gasteiger partial charge in [-0.1, -0.05) is 11.2 Å². The number of para-hydroxylation sites is 1. The van der Waals surface area contributed by atoms with Crippen LogP contribution in [0.4, 0.5) is 10.1 Å². The zero-order chi connectivity index (χ0) is 15.4. The molecule has 1 aromatic heterocycles. The Morgan fingerprint density at radius 3 is 2.90 bits per heavy atom. The van der Waals surface area contributed by atoms with Crippen molar-refractivity contribution < 1.29 is 19.3 Å². The highest BCUT2D eigenvalue weighted by atomic mass is 19.1. The Hall–Kier alpha value is -3.23. The number of oxime groups is 1. The Labute approximate surface area is 117 Å². The molecule has 0 radical (unpaired) electrons. The summed E-state index contributed by atoms with van der Waals surface area (Å²) >= 11 is 0. The van der Waals surface area contributed by atoms with Gasteiger partial charge in [0, 0.05) is 23.9 Å². The first-order valence-corrected chi connectivity index (χ1v) is 5.57. The van der Waals surface area contributed by atoms with Crippen LogP contribution >= 0.6 is 0 Å². The predicted octanol–water partition coefficient (Wildman–Crippen LogP) is 2.02. The molecule has 1 heterocycles. The summed E-state index contributed by atoms with van der Waals surface area (Å²) in [7, 11) is 0. The van der Waals surface area contributed by atoms with Gasteiger partial charge < -0.3 is 15.7 Å². The molecule has 108 valence electrons. The van der Waals surface area contributed by atoms with Gasteiger partial charge in [-0.25, -0.2) is 9.37 Å². The first-order chi connectivity index (χ1) is 10.0. The topological polar surface area (TPSA) is 124 Å². The summed E-state index contributed by atoms with van der Waals surface area (Å²) in [6, 6.07) is 6.00. The molecule has 0 aliphatic heterocycles. The molecule has 0 bridgehead atoms. The maximum absolute atomic E-state index is 13.7. The minimum absolute atomic E-state index is 0.132. The number of nitrogens with two attached hydrogens (primary N) is 1. The maximum atomic E-state index is 13.7. The van der Waals surface area contributed by atoms with Crippen molar-refractivity contribution in [1.29, 1.82) is 0 Å². The molecule has 2 rings (SSSR count). The lowest BCUT2D eigenvalue weighted by Crippen LogP contribution is -2.13. The minimum Gasteiger partial charge on any atom is -0.429 e. The lowest BCUT2D eigenvalue weighted by atomic mass is 10.2. The fourth-order valence-electron chi connectivity index (χ4n) is 1.53. The minimum atomic E-state index is -0.903. The normalized spacial score (nSPS) is 11.2. The van der Waals surface area contributed by atoms with E-state index in [2.05, 4.69) is 10.1 Å². The number of ether oxygens (including phenoxy) is 1. The lowest BCUT2D eigenvalue weighted by molar-refractivity contribution is -0.385. The quantitative estimate of drug-likeness (QED) is 0.292. The number of amidine groups is 1. The number of nitro groups is 1. The van der Waals surface area contributed by atoms with E-state index >= 15 is 0 Å². The summed E-state index contributed by atoms with van der Waals surface area (Å²) < 4.78 is 18.8. The third kappa shape index (κ3) is 3.03. The summed E-state index contributed by atoms with van der Waals surface area (Å²) in [6.45, 7) is 0. The molecule has 1 aromatic carbocycles. The Kier molecular flexibility index (Phi) is 3.93. The van der Waals surface area contributed by atoms with E-state index in [0.29, 0.717) is 0 Å². The molecule has 0 spiro atoms. The van der Waals surface area contributed by atoms with Crippen molar-refractivity contribution in [3.63, 3.8) is 0 Å². The Balaban J connectivity index is 2.41. The smallest absolute Gasteiger partial charge is 0.314 e. The number of rotatable bonds is 4. The third-order valence-electron chi connectivity index (χ3n) is 2.49. The molecular weight excluding hydrogens is 283 g/mol. The summed E-state index contributed by atoms with van der Waals surface area (Å²) in [6.07, 6.45) is 1.27. The second kappa shape index (κ2) is 5.82. The zero-order valence-corrected chi connectivity index (χ0v) is 10.4. The number of hydrogen-bond donors (Lipinski definition) is 2. The van der Waals surface area contributed by atoms with E-state index in [1.165, 1.54) is 24.4 Å². The van der Waals surface area contributed by atoms with E-state index in [4.69, 9.17) is 15.7 Å². The van der Waals surface area contributed by atoms with Gasteiger partial charge in [0.2, 0.25) is 11.6 Å². The first kappa shape index (κ1) is 14.2. The largest absolute Gasteiger partial charge is 0.429 e. The van der Waals surface area contributed by atoms with Crippen molar-refractivity contribution in [1.82, 2.24) is 4.98 Å². The molecule has 3 N–H and O–H groups in total. The fraction of sp³-hybridized carbons (Fsp3) is 0. The summed E-state index contributed by atoms with van der Waals surface area (Å²) in [5.74, 6) is -1.80. The number of aromatic nitrogens is 1. The fourth-order valence-corrected chi connectivity index (χ4v) is 1.53. The number of nitro benzene ring substituents is 1. The van der Waals surface area contributed by atoms with Gasteiger partial charge in [-0.3, -0.25) is 10.1 Å². The van der Waals surface area contributed by atoms with Crippen molar-refractivity contribution in [3.8, 4) is 11.6 Å². The summed E-state index contributed by atoms with van der Waals surface area (Å²) in [5.41, 5.74) is 5.13. The highest BCUT2D eigenvalue weighted by Gasteiger charge is 2.20. The van der Waals surface area contributed by atoms with Crippen LogP contribution in [0.3, 0.4) is 0 Å². The average Bonchev–Trinajstić information content (AvgIpc) is 2.48. The molecular formula is C12H9FN4O4. The second-order valence-electron chi connectivity index (χ2n) is 3.82. The van der Waals surface area contributed by atoms with E-state index in [0.717, 1.165) is 12.1 Å². The standard InChI is InChI=1S/C12H9FN4O4/c13-8-2-1-3-9(17(19)20)11(8)21-10-6-7(4-5-15-10)12(14)16-18/h1-6,18H,(H2,14,16). The molecule has 0 aliphatic carbocycles. The molecule has 8 nitrogen and oxygen atoms in total. The Morgan fingerprint density at radius 1 is 1.48 bits per heavy atom. The lowest BCUT2D eigenvalue weighted by Gasteiger charge is -2.07. The number of pyridine rings is 1. The van der Waals surface area contributed by atoms with Gasteiger partial charge in [0.05, 0.1) is 4.92 Å². The molecule has 0 aliphatic rings. The molecule has 0 fully saturated rings. The van der Waals surface area contributed by atoms with Gasteiger partial charge >= 0.3 is 5.69 Å². The maximum Gasteiger partial charge on any atom is 0.314 e. The van der Waals surface area contributed by atoms with Gasteiger partial charge in [0.25, 0.3) is 0 Å². The van der Waals surface area contributed by atoms with Crippen LogP contribution < -0.4 is 10.5 Å². The third-order valence-corrected chi connectivity index (χ3v) is 2.49. The number of nitrogens with zero attached hydrogens (tertiary/aromatic N) is 3. The van der Waals surface area contributed by atoms with Crippen LogP contribution in [0.15, 0.2) is 41.7 Å². The van der Waals surface area contributed by atoms with E-state index in [9.17, 15) is 14.5 Å². The number of benzene rings is 1. The SMILES string of the molecule is N/C(=N/O)c1ccnc(Oc2c(F)cccc2[N+](=O)[O-])c1. The van der Waals surface area contributed by atoms with Gasteiger partial charge in [-0.05, 0) is 12.1 Å². The van der Waals surface area contributed by atoms with E-state index in [1.807, 2.05) is 0 Å². The van der Waals surface area contributed by atoms with Crippen molar-refractivity contribution >= 4 is 11.5 Å². The summed E-state index contributed by atoms with van der Waals surface area (Å²) in [5, 5.41) is 22.2. The van der Waals surface area contributed by atoms with Crippen molar-refractivity contribution in [2.75, 3.05) is 0 Å². The van der Waals surface area contributed by atoms with Crippen molar-refractivity contribution in [3.05, 3.63) is 58.0 Å². The van der Waals surface area contributed by atoms with Crippen LogP contribution in [0, 0.1) is 15.9 Å². The highest BCUT2D eigenvalue weighted by molar-refractivity contribution is 5.97. The van der Waals surface area contributed by atoms with Crippen molar-refractivity contribution in [2.45, 2.75) is 0 Å². The Bertz CT molecular complexity index is 720. The van der Waals surface area contributed by atoms with Gasteiger partial charge in [0.1, 0.15) is 0 Å². The van der Waals surface area contributed by atoms with Crippen LogP contribution in [-0.4, -0.2) is 21.0 Å². The van der Waals surface area contributed by atoms with Crippen LogP contribution in [0.1, 0.15) is 5.56 Å². The molecule has 0 saturated carbocycles. The van der Waals surface area contributed by atoms with E-state index < -0.39 is 22.2 Å². The molecule has 21 heavy (non-hydrogen) atoms. The van der Waals surface area contributed by atoms with E-state index in [-0.39, 0.29) is 17.3 Å². The molecule has 2 aromatic rings. The van der Waals surface area contributed by atoms with Crippen molar-refractivity contribution in [2.24, 2.45) is 10.9 Å². The number of hydrogen-bond acceptors (Lipinski definition) is 6. The summed E-state index contributed by atoms with van der Waals surface area (Å²) in [4.78, 5) is 13.9. The molecule has 0 saturated heterocycles. The van der Waals surface area contributed by atoms with Crippen LogP contribution in [-0.2, 0) is 0 Å². The van der Waals surface area contributed by atoms with Crippen LogP contribution in [0.2, 0.25) is 0 Å². The van der Waals surface area contributed by atoms with Crippen LogP contribution in [0.5, 0.6) is 11.6 Å². The first-order valence-electron chi connectivity index (χ1n) is 5.57. The van der Waals surface area contributed by atoms with Gasteiger partial charge in [-0.15, -0.1) is 0 Å². The predicted molar refractivity (Wildman–Crippen MR) is 69.9 cm³/mol. The average molecular weight is 292 g/mol. The van der Waals surface area contributed by atoms with Gasteiger partial charge in [-0.2, -0.15) is 0 Å². The molecule has 9 heteroatoms. The molecule has 0 unspecified atom stereocenters. The zero-order valence-electron chi connectivity index (χ0n) is 10.4. The Morgan fingerprint density at radius 2 is 2.24 bits per heavy atom. The van der Waals surface area contributed by atoms with Gasteiger partial charge in [0.15, 0.2) is 11.7 Å². The monoisotopic (exact) mass is 292 g/mol. The number of halogens is 1. The highest BCUT2D eigenvalue weighted by Crippen LogP contribution is 2.33. The second-order valence-corrected chi connectivity index (χ2v) is 3.82.